The van der Waals surface area contributed by atoms with Gasteiger partial charge in [-0.15, -0.1) is 0 Å². The van der Waals surface area contributed by atoms with Gasteiger partial charge in [0.1, 0.15) is 5.03 Å². The Kier molecular flexibility index (Phi) is 5.46. The molecule has 0 N–H and O–H groups in total. The Hall–Kier alpha value is -2.66. The van der Waals surface area contributed by atoms with Crippen LogP contribution in [0.5, 0.6) is 0 Å². The molecule has 25 heavy (non-hydrogen) atoms. The maximum absolute atomic E-state index is 12.7. The molecule has 0 radical (unpaired) electrons. The molecule has 1 aromatic carbocycles. The fourth-order valence-corrected chi connectivity index (χ4v) is 3.16. The minimum absolute atomic E-state index is 0.0742. The van der Waals surface area contributed by atoms with Crippen molar-refractivity contribution < 1.29 is 4.79 Å². The Morgan fingerprint density at radius 3 is 2.48 bits per heavy atom. The predicted molar refractivity (Wildman–Crippen MR) is 101 cm³/mol. The van der Waals surface area contributed by atoms with Crippen LogP contribution < -0.4 is 4.90 Å². The molecule has 3 aromatic rings. The van der Waals surface area contributed by atoms with Gasteiger partial charge in [0.15, 0.2) is 0 Å². The Labute approximate surface area is 151 Å². The van der Waals surface area contributed by atoms with E-state index in [0.717, 1.165) is 15.6 Å². The van der Waals surface area contributed by atoms with Gasteiger partial charge in [-0.2, -0.15) is 0 Å². The second-order valence-corrected chi connectivity index (χ2v) is 6.65. The van der Waals surface area contributed by atoms with Crippen molar-refractivity contribution in [1.29, 1.82) is 0 Å². The lowest BCUT2D eigenvalue weighted by Crippen LogP contribution is -2.30. The third kappa shape index (κ3) is 4.25. The van der Waals surface area contributed by atoms with Crippen LogP contribution in [-0.4, -0.2) is 22.4 Å². The van der Waals surface area contributed by atoms with Crippen LogP contribution in [0.2, 0.25) is 0 Å². The first-order valence-electron chi connectivity index (χ1n) is 8.10. The first-order valence-corrected chi connectivity index (χ1v) is 8.91. The molecule has 0 aliphatic carbocycles. The van der Waals surface area contributed by atoms with Crippen molar-refractivity contribution in [3.63, 3.8) is 0 Å². The number of carbonyl (C=O) groups is 1. The minimum Gasteiger partial charge on any atom is -0.307 e. The Morgan fingerprint density at radius 2 is 1.88 bits per heavy atom. The van der Waals surface area contributed by atoms with Gasteiger partial charge in [0.2, 0.25) is 0 Å². The highest BCUT2D eigenvalue weighted by molar-refractivity contribution is 7.99. The highest BCUT2D eigenvalue weighted by Gasteiger charge is 2.16. The van der Waals surface area contributed by atoms with Gasteiger partial charge >= 0.3 is 0 Å². The smallest absolute Gasteiger partial charge is 0.259 e. The quantitative estimate of drug-likeness (QED) is 0.675. The van der Waals surface area contributed by atoms with Gasteiger partial charge < -0.3 is 4.90 Å². The molecular formula is C20H19N3OS. The first-order chi connectivity index (χ1) is 12.2. The molecule has 0 bridgehead atoms. The lowest BCUT2D eigenvalue weighted by Gasteiger charge is -2.20. The molecule has 0 saturated heterocycles. The monoisotopic (exact) mass is 349 g/mol. The number of nitrogens with zero attached hydrogens (tertiary/aromatic N) is 3. The molecule has 126 valence electrons. The van der Waals surface area contributed by atoms with Gasteiger partial charge in [0.05, 0.1) is 17.4 Å². The Morgan fingerprint density at radius 1 is 1.08 bits per heavy atom. The molecule has 0 fully saturated rings. The summed E-state index contributed by atoms with van der Waals surface area (Å²) in [7, 11) is 0. The van der Waals surface area contributed by atoms with Crippen molar-refractivity contribution in [2.24, 2.45) is 0 Å². The Bertz CT molecular complexity index is 833. The van der Waals surface area contributed by atoms with Crippen molar-refractivity contribution in [2.45, 2.75) is 23.8 Å². The first kappa shape index (κ1) is 17.2. The van der Waals surface area contributed by atoms with E-state index in [-0.39, 0.29) is 5.91 Å². The van der Waals surface area contributed by atoms with E-state index in [9.17, 15) is 4.79 Å². The van der Waals surface area contributed by atoms with Crippen LogP contribution in [0.25, 0.3) is 0 Å². The summed E-state index contributed by atoms with van der Waals surface area (Å²) in [4.78, 5) is 24.1. The summed E-state index contributed by atoms with van der Waals surface area (Å²) >= 11 is 1.58. The maximum Gasteiger partial charge on any atom is 0.259 e. The largest absolute Gasteiger partial charge is 0.307 e. The topological polar surface area (TPSA) is 46.1 Å². The molecule has 0 aliphatic heterocycles. The summed E-state index contributed by atoms with van der Waals surface area (Å²) in [6.07, 6.45) is 5.02. The minimum atomic E-state index is -0.0742. The van der Waals surface area contributed by atoms with E-state index < -0.39 is 0 Å². The van der Waals surface area contributed by atoms with Crippen molar-refractivity contribution in [1.82, 2.24) is 9.97 Å². The van der Waals surface area contributed by atoms with Crippen molar-refractivity contribution in [2.75, 3.05) is 11.4 Å². The summed E-state index contributed by atoms with van der Waals surface area (Å²) in [5.41, 5.74) is 2.58. The van der Waals surface area contributed by atoms with Crippen LogP contribution in [0, 0.1) is 6.92 Å². The van der Waals surface area contributed by atoms with Crippen molar-refractivity contribution >= 4 is 23.4 Å². The fraction of sp³-hybridized carbons (Fsp3) is 0.150. The predicted octanol–water partition coefficient (Wildman–Crippen LogP) is 4.60. The number of hydrogen-bond donors (Lipinski definition) is 0. The molecule has 0 aliphatic rings. The lowest BCUT2D eigenvalue weighted by molar-refractivity contribution is 0.0988. The summed E-state index contributed by atoms with van der Waals surface area (Å²) < 4.78 is 0. The van der Waals surface area contributed by atoms with Gasteiger partial charge in [-0.3, -0.25) is 9.78 Å². The number of anilines is 1. The molecule has 0 saturated carbocycles. The number of benzene rings is 1. The number of pyridine rings is 2. The zero-order valence-corrected chi connectivity index (χ0v) is 15.0. The number of rotatable bonds is 5. The number of aromatic nitrogens is 2. The fourth-order valence-electron chi connectivity index (χ4n) is 2.41. The molecule has 0 unspecified atom stereocenters. The maximum atomic E-state index is 12.7. The second kappa shape index (κ2) is 7.94. The molecule has 0 atom stereocenters. The second-order valence-electron chi connectivity index (χ2n) is 5.56. The van der Waals surface area contributed by atoms with Crippen LogP contribution in [-0.2, 0) is 0 Å². The third-order valence-electron chi connectivity index (χ3n) is 3.75. The van der Waals surface area contributed by atoms with E-state index in [0.29, 0.717) is 12.1 Å². The molecule has 2 aromatic heterocycles. The molecule has 3 rings (SSSR count). The van der Waals surface area contributed by atoms with Gasteiger partial charge in [-0.1, -0.05) is 29.5 Å². The summed E-state index contributed by atoms with van der Waals surface area (Å²) in [5.74, 6) is -0.0742. The van der Waals surface area contributed by atoms with E-state index in [1.165, 1.54) is 5.56 Å². The van der Waals surface area contributed by atoms with Crippen LogP contribution in [0.15, 0.2) is 77.0 Å². The van der Waals surface area contributed by atoms with Crippen LogP contribution in [0.3, 0.4) is 0 Å². The SMILES string of the molecule is CCN(C(=O)c1ccc(Sc2ccc(C)cc2)nc1)c1cccnc1. The Balaban J connectivity index is 1.74. The zero-order valence-electron chi connectivity index (χ0n) is 14.2. The molecular weight excluding hydrogens is 330 g/mol. The zero-order chi connectivity index (χ0) is 17.6. The van der Waals surface area contributed by atoms with E-state index >= 15 is 0 Å². The average Bonchev–Trinajstić information content (AvgIpc) is 2.66. The number of carbonyl (C=O) groups excluding carboxylic acids is 1. The standard InChI is InChI=1S/C20H19N3OS/c1-3-23(17-5-4-12-21-14-17)20(24)16-8-11-19(22-13-16)25-18-9-6-15(2)7-10-18/h4-14H,3H2,1-2H3. The van der Waals surface area contributed by atoms with Gasteiger partial charge in [-0.25, -0.2) is 4.98 Å². The molecule has 4 nitrogen and oxygen atoms in total. The van der Waals surface area contributed by atoms with Crippen LogP contribution >= 0.6 is 11.8 Å². The normalized spacial score (nSPS) is 10.5. The molecule has 1 amide bonds. The molecule has 0 spiro atoms. The van der Waals surface area contributed by atoms with Crippen LogP contribution in [0.4, 0.5) is 5.69 Å². The van der Waals surface area contributed by atoms with Gasteiger partial charge in [0.25, 0.3) is 5.91 Å². The summed E-state index contributed by atoms with van der Waals surface area (Å²) in [6.45, 7) is 4.58. The number of amides is 1. The summed E-state index contributed by atoms with van der Waals surface area (Å²) in [5, 5.41) is 0.866. The number of hydrogen-bond acceptors (Lipinski definition) is 4. The van der Waals surface area contributed by atoms with E-state index in [4.69, 9.17) is 0 Å². The molecule has 2 heterocycles. The number of aryl methyl sites for hydroxylation is 1. The van der Waals surface area contributed by atoms with Gasteiger partial charge in [0, 0.05) is 23.8 Å². The molecule has 5 heteroatoms. The average molecular weight is 349 g/mol. The highest BCUT2D eigenvalue weighted by Crippen LogP contribution is 2.26. The van der Waals surface area contributed by atoms with E-state index in [2.05, 4.69) is 41.2 Å². The lowest BCUT2D eigenvalue weighted by atomic mass is 10.2. The third-order valence-corrected chi connectivity index (χ3v) is 4.70. The van der Waals surface area contributed by atoms with Crippen molar-refractivity contribution in [3.8, 4) is 0 Å². The van der Waals surface area contributed by atoms with Crippen LogP contribution in [0.1, 0.15) is 22.8 Å². The van der Waals surface area contributed by atoms with E-state index in [1.807, 2.05) is 31.2 Å². The summed E-state index contributed by atoms with van der Waals surface area (Å²) in [6, 6.07) is 15.7. The van der Waals surface area contributed by atoms with Crippen molar-refractivity contribution in [3.05, 3.63) is 78.2 Å². The van der Waals surface area contributed by atoms with Gasteiger partial charge in [-0.05, 0) is 50.2 Å². The highest BCUT2D eigenvalue weighted by atomic mass is 32.2. The van der Waals surface area contributed by atoms with E-state index in [1.54, 1.807) is 35.3 Å².